The molecule has 0 amide bonds. The second kappa shape index (κ2) is 2.06. The summed E-state index contributed by atoms with van der Waals surface area (Å²) in [6.07, 6.45) is 1.62. The first-order chi connectivity index (χ1) is 5.17. The van der Waals surface area contributed by atoms with Crippen LogP contribution in [0.1, 0.15) is 11.1 Å². The highest BCUT2D eigenvalue weighted by Crippen LogP contribution is 2.24. The molecule has 2 nitrogen and oxygen atoms in total. The lowest BCUT2D eigenvalue weighted by Gasteiger charge is -2.15. The van der Waals surface area contributed by atoms with E-state index < -0.39 is 5.66 Å². The van der Waals surface area contributed by atoms with E-state index in [1.165, 1.54) is 11.1 Å². The molecule has 0 spiro atoms. The van der Waals surface area contributed by atoms with Gasteiger partial charge in [0.15, 0.2) is 0 Å². The fraction of sp³-hybridized carbons (Fsp3) is 0.333. The molecule has 2 heteroatoms. The highest BCUT2D eigenvalue weighted by atomic mass is 15.0. The van der Waals surface area contributed by atoms with Crippen molar-refractivity contribution in [2.24, 2.45) is 11.5 Å². The Balaban J connectivity index is 2.41. The molecule has 11 heavy (non-hydrogen) atoms. The molecule has 4 N–H and O–H groups in total. The van der Waals surface area contributed by atoms with Crippen LogP contribution in [0.25, 0.3) is 0 Å². The number of nitrogens with two attached hydrogens (primary N) is 2. The zero-order valence-electron chi connectivity index (χ0n) is 6.38. The summed E-state index contributed by atoms with van der Waals surface area (Å²) in [5, 5.41) is 0. The highest BCUT2D eigenvalue weighted by molar-refractivity contribution is 5.35. The first-order valence-corrected chi connectivity index (χ1v) is 3.82. The molecule has 1 aliphatic carbocycles. The van der Waals surface area contributed by atoms with Crippen LogP contribution in [0.4, 0.5) is 0 Å². The molecule has 0 fully saturated rings. The van der Waals surface area contributed by atoms with Gasteiger partial charge < -0.3 is 11.5 Å². The third kappa shape index (κ3) is 1.15. The second-order valence-electron chi connectivity index (χ2n) is 3.36. The normalized spacial score (nSPS) is 19.8. The number of fused-ring (bicyclic) bond motifs is 1. The predicted molar refractivity (Wildman–Crippen MR) is 45.0 cm³/mol. The predicted octanol–water partition coefficient (Wildman–Crippen LogP) is 0.399. The average molecular weight is 148 g/mol. The SMILES string of the molecule is NC1(N)Cc2ccccc2C1. The molecule has 1 aromatic carbocycles. The zero-order valence-corrected chi connectivity index (χ0v) is 6.38. The summed E-state index contributed by atoms with van der Waals surface area (Å²) in [7, 11) is 0. The van der Waals surface area contributed by atoms with Crippen LogP contribution >= 0.6 is 0 Å². The minimum atomic E-state index is -0.496. The van der Waals surface area contributed by atoms with Gasteiger partial charge in [-0.3, -0.25) is 0 Å². The van der Waals surface area contributed by atoms with Gasteiger partial charge in [0.1, 0.15) is 0 Å². The Morgan fingerprint density at radius 1 is 1.00 bits per heavy atom. The molecule has 0 heterocycles. The maximum Gasteiger partial charge on any atom is 0.0719 e. The topological polar surface area (TPSA) is 52.0 Å². The molecule has 0 saturated heterocycles. The van der Waals surface area contributed by atoms with Gasteiger partial charge in [-0.1, -0.05) is 24.3 Å². The summed E-state index contributed by atoms with van der Waals surface area (Å²) in [4.78, 5) is 0. The first kappa shape index (κ1) is 6.83. The summed E-state index contributed by atoms with van der Waals surface area (Å²) in [6, 6.07) is 8.24. The van der Waals surface area contributed by atoms with Crippen LogP contribution in [0, 0.1) is 0 Å². The Bertz CT molecular complexity index is 252. The summed E-state index contributed by atoms with van der Waals surface area (Å²) in [5.74, 6) is 0. The number of rotatable bonds is 0. The molecular weight excluding hydrogens is 136 g/mol. The van der Waals surface area contributed by atoms with Crippen LogP contribution in [0.15, 0.2) is 24.3 Å². The van der Waals surface area contributed by atoms with Crippen LogP contribution in [0.2, 0.25) is 0 Å². The van der Waals surface area contributed by atoms with Gasteiger partial charge in [-0.15, -0.1) is 0 Å². The molecule has 1 aromatic rings. The van der Waals surface area contributed by atoms with Gasteiger partial charge in [-0.05, 0) is 11.1 Å². The van der Waals surface area contributed by atoms with Crippen molar-refractivity contribution in [3.05, 3.63) is 35.4 Å². The maximum absolute atomic E-state index is 5.81. The molecule has 0 aliphatic heterocycles. The highest BCUT2D eigenvalue weighted by Gasteiger charge is 2.28. The van der Waals surface area contributed by atoms with E-state index in [-0.39, 0.29) is 0 Å². The molecular formula is C9H12N2. The van der Waals surface area contributed by atoms with Gasteiger partial charge in [0.25, 0.3) is 0 Å². The Hall–Kier alpha value is -0.860. The lowest BCUT2D eigenvalue weighted by molar-refractivity contribution is 0.470. The summed E-state index contributed by atoms with van der Waals surface area (Å²) < 4.78 is 0. The first-order valence-electron chi connectivity index (χ1n) is 3.82. The van der Waals surface area contributed by atoms with Gasteiger partial charge >= 0.3 is 0 Å². The molecule has 0 aromatic heterocycles. The number of hydrogen-bond acceptors (Lipinski definition) is 2. The van der Waals surface area contributed by atoms with Crippen LogP contribution in [0.3, 0.4) is 0 Å². The molecule has 1 aliphatic rings. The van der Waals surface area contributed by atoms with Crippen molar-refractivity contribution in [2.75, 3.05) is 0 Å². The van der Waals surface area contributed by atoms with E-state index in [1.807, 2.05) is 12.1 Å². The maximum atomic E-state index is 5.81. The van der Waals surface area contributed by atoms with Gasteiger partial charge in [-0.25, -0.2) is 0 Å². The Morgan fingerprint density at radius 2 is 1.45 bits per heavy atom. The standard InChI is InChI=1S/C9H12N2/c10-9(11)5-7-3-1-2-4-8(7)6-9/h1-4H,5-6,10-11H2. The molecule has 0 bridgehead atoms. The van der Waals surface area contributed by atoms with E-state index >= 15 is 0 Å². The fourth-order valence-electron chi connectivity index (χ4n) is 1.67. The number of hydrogen-bond donors (Lipinski definition) is 2. The lowest BCUT2D eigenvalue weighted by atomic mass is 10.1. The van der Waals surface area contributed by atoms with E-state index in [0.29, 0.717) is 0 Å². The smallest absolute Gasteiger partial charge is 0.0719 e. The van der Waals surface area contributed by atoms with Crippen molar-refractivity contribution in [1.29, 1.82) is 0 Å². The molecule has 0 radical (unpaired) electrons. The Morgan fingerprint density at radius 3 is 1.91 bits per heavy atom. The van der Waals surface area contributed by atoms with Crippen molar-refractivity contribution < 1.29 is 0 Å². The van der Waals surface area contributed by atoms with E-state index in [1.54, 1.807) is 0 Å². The van der Waals surface area contributed by atoms with E-state index in [9.17, 15) is 0 Å². The van der Waals surface area contributed by atoms with Gasteiger partial charge in [-0.2, -0.15) is 0 Å². The number of benzene rings is 1. The van der Waals surface area contributed by atoms with E-state index in [0.717, 1.165) is 12.8 Å². The molecule has 0 unspecified atom stereocenters. The summed E-state index contributed by atoms with van der Waals surface area (Å²) in [6.45, 7) is 0. The van der Waals surface area contributed by atoms with Crippen LogP contribution in [-0.2, 0) is 12.8 Å². The fourth-order valence-corrected chi connectivity index (χ4v) is 1.67. The lowest BCUT2D eigenvalue weighted by Crippen LogP contribution is -2.50. The second-order valence-corrected chi connectivity index (χ2v) is 3.36. The molecule has 2 rings (SSSR count). The summed E-state index contributed by atoms with van der Waals surface area (Å²) >= 11 is 0. The van der Waals surface area contributed by atoms with Crippen molar-refractivity contribution >= 4 is 0 Å². The van der Waals surface area contributed by atoms with Gasteiger partial charge in [0, 0.05) is 12.8 Å². The van der Waals surface area contributed by atoms with Gasteiger partial charge in [0.05, 0.1) is 5.66 Å². The van der Waals surface area contributed by atoms with Crippen LogP contribution < -0.4 is 11.5 Å². The van der Waals surface area contributed by atoms with E-state index in [4.69, 9.17) is 11.5 Å². The third-order valence-electron chi connectivity index (χ3n) is 2.16. The van der Waals surface area contributed by atoms with Crippen molar-refractivity contribution in [3.8, 4) is 0 Å². The quantitative estimate of drug-likeness (QED) is 0.523. The van der Waals surface area contributed by atoms with Crippen molar-refractivity contribution in [2.45, 2.75) is 18.5 Å². The van der Waals surface area contributed by atoms with Gasteiger partial charge in [0.2, 0.25) is 0 Å². The summed E-state index contributed by atoms with van der Waals surface area (Å²) in [5.41, 5.74) is 13.7. The van der Waals surface area contributed by atoms with Crippen molar-refractivity contribution in [1.82, 2.24) is 0 Å². The molecule has 0 saturated carbocycles. The van der Waals surface area contributed by atoms with Crippen LogP contribution in [-0.4, -0.2) is 5.66 Å². The van der Waals surface area contributed by atoms with Crippen LogP contribution in [0.5, 0.6) is 0 Å². The Kier molecular flexibility index (Phi) is 1.28. The largest absolute Gasteiger partial charge is 0.313 e. The minimum Gasteiger partial charge on any atom is -0.313 e. The monoisotopic (exact) mass is 148 g/mol. The molecule has 58 valence electrons. The Labute approximate surface area is 66.2 Å². The van der Waals surface area contributed by atoms with Crippen molar-refractivity contribution in [3.63, 3.8) is 0 Å². The third-order valence-corrected chi connectivity index (χ3v) is 2.16. The molecule has 0 atom stereocenters. The van der Waals surface area contributed by atoms with E-state index in [2.05, 4.69) is 12.1 Å². The minimum absolute atomic E-state index is 0.496. The zero-order chi connectivity index (χ0) is 7.90. The average Bonchev–Trinajstić information content (AvgIpc) is 2.21.